The molecule has 1 aromatic carbocycles. The van der Waals surface area contributed by atoms with Crippen molar-refractivity contribution < 1.29 is 9.53 Å². The highest BCUT2D eigenvalue weighted by Gasteiger charge is 2.15. The molecule has 3 N–H and O–H groups in total. The molecule has 1 atom stereocenters. The molecule has 0 aliphatic heterocycles. The van der Waals surface area contributed by atoms with Gasteiger partial charge in [-0.2, -0.15) is 0 Å². The van der Waals surface area contributed by atoms with Crippen LogP contribution in [0.1, 0.15) is 18.9 Å². The van der Waals surface area contributed by atoms with E-state index in [4.69, 9.17) is 10.5 Å². The van der Waals surface area contributed by atoms with Gasteiger partial charge < -0.3 is 15.8 Å². The molecule has 1 amide bonds. The zero-order chi connectivity index (χ0) is 12.8. The largest absolute Gasteiger partial charge is 0.497 e. The molecule has 4 nitrogen and oxygen atoms in total. The standard InChI is InChI=1S/C13H20N2O2/c1-4-10(8-14)13(16)15-12-6-5-11(17-3)7-9(12)2/h5-7,10H,4,8,14H2,1-3H3,(H,15,16). The third-order valence-corrected chi connectivity index (χ3v) is 2.84. The summed E-state index contributed by atoms with van der Waals surface area (Å²) in [7, 11) is 1.62. The van der Waals surface area contributed by atoms with E-state index in [9.17, 15) is 4.79 Å². The minimum atomic E-state index is -0.128. The van der Waals surface area contributed by atoms with Crippen LogP contribution >= 0.6 is 0 Å². The van der Waals surface area contributed by atoms with Crippen LogP contribution in [0.2, 0.25) is 0 Å². The van der Waals surface area contributed by atoms with Crippen LogP contribution in [-0.2, 0) is 4.79 Å². The number of amides is 1. The summed E-state index contributed by atoms with van der Waals surface area (Å²) in [6.45, 7) is 4.26. The van der Waals surface area contributed by atoms with E-state index in [0.29, 0.717) is 6.54 Å². The van der Waals surface area contributed by atoms with Gasteiger partial charge in [-0.1, -0.05) is 6.92 Å². The molecule has 0 spiro atoms. The summed E-state index contributed by atoms with van der Waals surface area (Å²) < 4.78 is 5.11. The van der Waals surface area contributed by atoms with Crippen LogP contribution in [0.5, 0.6) is 5.75 Å². The summed E-state index contributed by atoms with van der Waals surface area (Å²) in [4.78, 5) is 11.9. The van der Waals surface area contributed by atoms with Gasteiger partial charge in [0.1, 0.15) is 5.75 Å². The Morgan fingerprint density at radius 2 is 2.24 bits per heavy atom. The van der Waals surface area contributed by atoms with E-state index in [2.05, 4.69) is 5.32 Å². The molecule has 0 aliphatic carbocycles. The zero-order valence-electron chi connectivity index (χ0n) is 10.6. The smallest absolute Gasteiger partial charge is 0.228 e. The fraction of sp³-hybridized carbons (Fsp3) is 0.462. The fourth-order valence-electron chi connectivity index (χ4n) is 1.60. The maximum Gasteiger partial charge on any atom is 0.228 e. The number of benzene rings is 1. The van der Waals surface area contributed by atoms with Crippen molar-refractivity contribution in [3.8, 4) is 5.75 Å². The maximum atomic E-state index is 11.9. The van der Waals surface area contributed by atoms with Gasteiger partial charge in [0.15, 0.2) is 0 Å². The summed E-state index contributed by atoms with van der Waals surface area (Å²) in [5.41, 5.74) is 7.33. The molecular formula is C13H20N2O2. The molecule has 0 heterocycles. The highest BCUT2D eigenvalue weighted by atomic mass is 16.5. The number of ether oxygens (including phenoxy) is 1. The van der Waals surface area contributed by atoms with Crippen molar-refractivity contribution in [2.45, 2.75) is 20.3 Å². The molecule has 0 fully saturated rings. The average Bonchev–Trinajstić information content (AvgIpc) is 2.33. The quantitative estimate of drug-likeness (QED) is 0.821. The van der Waals surface area contributed by atoms with Crippen molar-refractivity contribution in [3.05, 3.63) is 23.8 Å². The second kappa shape index (κ2) is 6.25. The number of nitrogens with two attached hydrogens (primary N) is 1. The lowest BCUT2D eigenvalue weighted by atomic mass is 10.1. The van der Waals surface area contributed by atoms with Gasteiger partial charge in [-0.3, -0.25) is 4.79 Å². The van der Waals surface area contributed by atoms with E-state index in [-0.39, 0.29) is 11.8 Å². The van der Waals surface area contributed by atoms with Crippen LogP contribution < -0.4 is 15.8 Å². The maximum absolute atomic E-state index is 11.9. The molecule has 0 aliphatic rings. The van der Waals surface area contributed by atoms with Crippen molar-refractivity contribution >= 4 is 11.6 Å². The fourth-order valence-corrected chi connectivity index (χ4v) is 1.60. The third-order valence-electron chi connectivity index (χ3n) is 2.84. The van der Waals surface area contributed by atoms with Crippen LogP contribution in [0.25, 0.3) is 0 Å². The number of anilines is 1. The van der Waals surface area contributed by atoms with E-state index in [1.165, 1.54) is 0 Å². The molecule has 4 heteroatoms. The Hall–Kier alpha value is -1.55. The lowest BCUT2D eigenvalue weighted by Crippen LogP contribution is -2.28. The number of nitrogens with one attached hydrogen (secondary N) is 1. The van der Waals surface area contributed by atoms with Gasteiger partial charge in [-0.25, -0.2) is 0 Å². The van der Waals surface area contributed by atoms with E-state index < -0.39 is 0 Å². The first-order valence-electron chi connectivity index (χ1n) is 5.78. The molecule has 0 radical (unpaired) electrons. The average molecular weight is 236 g/mol. The first kappa shape index (κ1) is 13.5. The third kappa shape index (κ3) is 3.46. The molecule has 94 valence electrons. The Balaban J connectivity index is 2.78. The predicted octanol–water partition coefficient (Wildman–Crippen LogP) is 1.93. The molecule has 0 aromatic heterocycles. The molecule has 1 unspecified atom stereocenters. The summed E-state index contributed by atoms with van der Waals surface area (Å²) in [6, 6.07) is 5.56. The second-order valence-corrected chi connectivity index (χ2v) is 4.01. The van der Waals surface area contributed by atoms with Crippen LogP contribution in [0.3, 0.4) is 0 Å². The van der Waals surface area contributed by atoms with E-state index in [1.807, 2.05) is 32.0 Å². The highest BCUT2D eigenvalue weighted by Crippen LogP contribution is 2.21. The Kier molecular flexibility index (Phi) is 4.97. The van der Waals surface area contributed by atoms with Gasteiger partial charge in [0, 0.05) is 12.2 Å². The van der Waals surface area contributed by atoms with Gasteiger partial charge in [0.05, 0.1) is 13.0 Å². The molecule has 0 saturated carbocycles. The Morgan fingerprint density at radius 1 is 1.53 bits per heavy atom. The van der Waals surface area contributed by atoms with Gasteiger partial charge in [0.2, 0.25) is 5.91 Å². The van der Waals surface area contributed by atoms with Crippen LogP contribution in [-0.4, -0.2) is 19.6 Å². The molecular weight excluding hydrogens is 216 g/mol. The summed E-state index contributed by atoms with van der Waals surface area (Å²) in [5, 5.41) is 2.89. The van der Waals surface area contributed by atoms with Crippen molar-refractivity contribution in [1.82, 2.24) is 0 Å². The topological polar surface area (TPSA) is 64.4 Å². The van der Waals surface area contributed by atoms with Crippen molar-refractivity contribution in [2.75, 3.05) is 19.0 Å². The van der Waals surface area contributed by atoms with Crippen molar-refractivity contribution in [2.24, 2.45) is 11.7 Å². The number of hydrogen-bond acceptors (Lipinski definition) is 3. The Labute approximate surface area is 102 Å². The number of methoxy groups -OCH3 is 1. The van der Waals surface area contributed by atoms with Gasteiger partial charge in [0.25, 0.3) is 0 Å². The SMILES string of the molecule is CCC(CN)C(=O)Nc1ccc(OC)cc1C. The predicted molar refractivity (Wildman–Crippen MR) is 69.2 cm³/mol. The van der Waals surface area contributed by atoms with E-state index in [1.54, 1.807) is 7.11 Å². The molecule has 1 rings (SSSR count). The Morgan fingerprint density at radius 3 is 2.71 bits per heavy atom. The first-order chi connectivity index (χ1) is 8.12. The molecule has 17 heavy (non-hydrogen) atoms. The molecule has 1 aromatic rings. The van der Waals surface area contributed by atoms with E-state index in [0.717, 1.165) is 23.4 Å². The lowest BCUT2D eigenvalue weighted by Gasteiger charge is -2.14. The number of aryl methyl sites for hydroxylation is 1. The van der Waals surface area contributed by atoms with Gasteiger partial charge >= 0.3 is 0 Å². The first-order valence-corrected chi connectivity index (χ1v) is 5.78. The summed E-state index contributed by atoms with van der Waals surface area (Å²) in [5.74, 6) is 0.631. The molecule has 0 bridgehead atoms. The van der Waals surface area contributed by atoms with Crippen molar-refractivity contribution in [3.63, 3.8) is 0 Å². The normalized spacial score (nSPS) is 12.0. The summed E-state index contributed by atoms with van der Waals surface area (Å²) in [6.07, 6.45) is 0.748. The number of carbonyl (C=O) groups excluding carboxylic acids is 1. The number of hydrogen-bond donors (Lipinski definition) is 2. The molecule has 0 saturated heterocycles. The zero-order valence-corrected chi connectivity index (χ0v) is 10.6. The second-order valence-electron chi connectivity index (χ2n) is 4.01. The number of rotatable bonds is 5. The van der Waals surface area contributed by atoms with Crippen molar-refractivity contribution in [1.29, 1.82) is 0 Å². The lowest BCUT2D eigenvalue weighted by molar-refractivity contribution is -0.119. The summed E-state index contributed by atoms with van der Waals surface area (Å²) >= 11 is 0. The van der Waals surface area contributed by atoms with E-state index >= 15 is 0 Å². The van der Waals surface area contributed by atoms with Crippen LogP contribution in [0, 0.1) is 12.8 Å². The number of carbonyl (C=O) groups is 1. The van der Waals surface area contributed by atoms with Crippen LogP contribution in [0.15, 0.2) is 18.2 Å². The monoisotopic (exact) mass is 236 g/mol. The van der Waals surface area contributed by atoms with Gasteiger partial charge in [-0.05, 0) is 37.1 Å². The van der Waals surface area contributed by atoms with Gasteiger partial charge in [-0.15, -0.1) is 0 Å². The van der Waals surface area contributed by atoms with Crippen LogP contribution in [0.4, 0.5) is 5.69 Å². The minimum Gasteiger partial charge on any atom is -0.497 e. The highest BCUT2D eigenvalue weighted by molar-refractivity contribution is 5.93. The Bertz CT molecular complexity index is 387. The minimum absolute atomic E-state index is 0.0248.